The second-order valence-corrected chi connectivity index (χ2v) is 6.07. The Bertz CT molecular complexity index is 432. The lowest BCUT2D eigenvalue weighted by Gasteiger charge is -2.39. The van der Waals surface area contributed by atoms with Gasteiger partial charge < -0.3 is 5.32 Å². The number of rotatable bonds is 5. The van der Waals surface area contributed by atoms with E-state index in [9.17, 15) is 4.39 Å². The third-order valence-electron chi connectivity index (χ3n) is 4.10. The molecule has 0 radical (unpaired) electrons. The average molecular weight is 299 g/mol. The third kappa shape index (κ3) is 3.72. The summed E-state index contributed by atoms with van der Waals surface area (Å²) in [6.07, 6.45) is 2.26. The van der Waals surface area contributed by atoms with Crippen LogP contribution in [0.5, 0.6) is 0 Å². The summed E-state index contributed by atoms with van der Waals surface area (Å²) in [5, 5.41) is 4.05. The first-order valence-corrected chi connectivity index (χ1v) is 7.91. The molecule has 1 aromatic carbocycles. The minimum atomic E-state index is -0.201. The molecule has 1 saturated heterocycles. The number of benzene rings is 1. The molecule has 1 aliphatic rings. The van der Waals surface area contributed by atoms with Gasteiger partial charge in [0, 0.05) is 37.2 Å². The zero-order valence-electron chi connectivity index (χ0n) is 12.3. The van der Waals surface area contributed by atoms with Crippen LogP contribution < -0.4 is 5.32 Å². The summed E-state index contributed by atoms with van der Waals surface area (Å²) in [5.41, 5.74) is 0.939. The van der Waals surface area contributed by atoms with E-state index in [2.05, 4.69) is 24.1 Å². The number of nitrogens with zero attached hydrogens (tertiary/aromatic N) is 1. The quantitative estimate of drug-likeness (QED) is 0.888. The predicted molar refractivity (Wildman–Crippen MR) is 82.7 cm³/mol. The fourth-order valence-electron chi connectivity index (χ4n) is 3.18. The average Bonchev–Trinajstić information content (AvgIpc) is 2.44. The van der Waals surface area contributed by atoms with Gasteiger partial charge in [-0.15, -0.1) is 0 Å². The zero-order valence-corrected chi connectivity index (χ0v) is 13.1. The van der Waals surface area contributed by atoms with Crippen molar-refractivity contribution in [3.05, 3.63) is 34.6 Å². The first kappa shape index (κ1) is 15.7. The largest absolute Gasteiger partial charge is 0.314 e. The molecule has 0 spiro atoms. The Hall–Kier alpha value is -0.640. The van der Waals surface area contributed by atoms with Crippen LogP contribution in [0.15, 0.2) is 18.2 Å². The van der Waals surface area contributed by atoms with Crippen LogP contribution in [0, 0.1) is 11.7 Å². The number of nitrogens with one attached hydrogen (secondary N) is 1. The normalized spacial score (nSPS) is 19.8. The van der Waals surface area contributed by atoms with E-state index in [1.54, 1.807) is 12.1 Å². The fraction of sp³-hybridized carbons (Fsp3) is 0.625. The van der Waals surface area contributed by atoms with Crippen molar-refractivity contribution in [2.24, 2.45) is 5.92 Å². The van der Waals surface area contributed by atoms with Gasteiger partial charge in [0.05, 0.1) is 0 Å². The van der Waals surface area contributed by atoms with E-state index >= 15 is 0 Å². The van der Waals surface area contributed by atoms with Crippen LogP contribution in [-0.4, -0.2) is 31.1 Å². The standard InChI is InChI=1S/C16H24ClFN2/c1-3-4-12(2)16(20-9-7-19-8-10-20)14-11-13(18)5-6-15(14)17/h5-6,11-12,16,19H,3-4,7-10H2,1-2H3/t12?,16-/m0/s1. The molecule has 112 valence electrons. The molecular weight excluding hydrogens is 275 g/mol. The lowest BCUT2D eigenvalue weighted by molar-refractivity contribution is 0.126. The van der Waals surface area contributed by atoms with Gasteiger partial charge in [-0.25, -0.2) is 4.39 Å². The van der Waals surface area contributed by atoms with Crippen LogP contribution in [0.3, 0.4) is 0 Å². The highest BCUT2D eigenvalue weighted by Crippen LogP contribution is 2.36. The number of hydrogen-bond donors (Lipinski definition) is 1. The van der Waals surface area contributed by atoms with E-state index in [0.717, 1.165) is 44.6 Å². The molecule has 0 amide bonds. The summed E-state index contributed by atoms with van der Waals surface area (Å²) in [6, 6.07) is 4.94. The minimum absolute atomic E-state index is 0.201. The Balaban J connectivity index is 2.31. The van der Waals surface area contributed by atoms with Gasteiger partial charge in [-0.3, -0.25) is 4.90 Å². The van der Waals surface area contributed by atoms with Gasteiger partial charge in [0.15, 0.2) is 0 Å². The molecule has 1 aliphatic heterocycles. The first-order chi connectivity index (χ1) is 9.63. The van der Waals surface area contributed by atoms with Gasteiger partial charge >= 0.3 is 0 Å². The molecule has 0 saturated carbocycles. The molecular formula is C16H24ClFN2. The van der Waals surface area contributed by atoms with Crippen LogP contribution >= 0.6 is 11.6 Å². The van der Waals surface area contributed by atoms with Gasteiger partial charge in [-0.1, -0.05) is 31.9 Å². The van der Waals surface area contributed by atoms with Gasteiger partial charge in [-0.05, 0) is 36.1 Å². The molecule has 4 heteroatoms. The Morgan fingerprint density at radius 1 is 1.35 bits per heavy atom. The summed E-state index contributed by atoms with van der Waals surface area (Å²) in [4.78, 5) is 2.44. The van der Waals surface area contributed by atoms with Gasteiger partial charge in [0.1, 0.15) is 5.82 Å². The van der Waals surface area contributed by atoms with Crippen molar-refractivity contribution in [2.45, 2.75) is 32.7 Å². The molecule has 1 aromatic rings. The number of piperazine rings is 1. The Morgan fingerprint density at radius 2 is 2.05 bits per heavy atom. The van der Waals surface area contributed by atoms with Crippen molar-refractivity contribution in [3.63, 3.8) is 0 Å². The maximum absolute atomic E-state index is 13.6. The van der Waals surface area contributed by atoms with Crippen molar-refractivity contribution in [3.8, 4) is 0 Å². The predicted octanol–water partition coefficient (Wildman–Crippen LogP) is 3.86. The molecule has 20 heavy (non-hydrogen) atoms. The molecule has 2 atom stereocenters. The third-order valence-corrected chi connectivity index (χ3v) is 4.45. The van der Waals surface area contributed by atoms with Crippen LogP contribution in [0.4, 0.5) is 4.39 Å². The highest BCUT2D eigenvalue weighted by molar-refractivity contribution is 6.31. The monoisotopic (exact) mass is 298 g/mol. The molecule has 0 bridgehead atoms. The molecule has 2 nitrogen and oxygen atoms in total. The van der Waals surface area contributed by atoms with E-state index in [-0.39, 0.29) is 11.9 Å². The van der Waals surface area contributed by atoms with Gasteiger partial charge in [0.25, 0.3) is 0 Å². The lowest BCUT2D eigenvalue weighted by atomic mass is 9.89. The summed E-state index contributed by atoms with van der Waals surface area (Å²) < 4.78 is 13.6. The number of hydrogen-bond acceptors (Lipinski definition) is 2. The summed E-state index contributed by atoms with van der Waals surface area (Å²) >= 11 is 6.35. The minimum Gasteiger partial charge on any atom is -0.314 e. The maximum Gasteiger partial charge on any atom is 0.123 e. The second kappa shape index (κ2) is 7.39. The molecule has 1 unspecified atom stereocenters. The highest BCUT2D eigenvalue weighted by atomic mass is 35.5. The van der Waals surface area contributed by atoms with Crippen LogP contribution in [-0.2, 0) is 0 Å². The topological polar surface area (TPSA) is 15.3 Å². The van der Waals surface area contributed by atoms with Crippen molar-refractivity contribution < 1.29 is 4.39 Å². The van der Waals surface area contributed by atoms with Crippen molar-refractivity contribution in [1.82, 2.24) is 10.2 Å². The molecule has 0 aliphatic carbocycles. The molecule has 1 N–H and O–H groups in total. The maximum atomic E-state index is 13.6. The summed E-state index contributed by atoms with van der Waals surface area (Å²) in [5.74, 6) is 0.269. The molecule has 2 rings (SSSR count). The highest BCUT2D eigenvalue weighted by Gasteiger charge is 2.28. The van der Waals surface area contributed by atoms with E-state index in [1.165, 1.54) is 6.07 Å². The number of halogens is 2. The van der Waals surface area contributed by atoms with Gasteiger partial charge in [0.2, 0.25) is 0 Å². The van der Waals surface area contributed by atoms with E-state index < -0.39 is 0 Å². The second-order valence-electron chi connectivity index (χ2n) is 5.66. The molecule has 1 fully saturated rings. The molecule has 0 aromatic heterocycles. The van der Waals surface area contributed by atoms with Crippen molar-refractivity contribution in [2.75, 3.05) is 26.2 Å². The summed E-state index contributed by atoms with van der Waals surface area (Å²) in [6.45, 7) is 8.40. The smallest absolute Gasteiger partial charge is 0.123 e. The van der Waals surface area contributed by atoms with E-state index in [4.69, 9.17) is 11.6 Å². The van der Waals surface area contributed by atoms with E-state index in [1.807, 2.05) is 0 Å². The Morgan fingerprint density at radius 3 is 2.70 bits per heavy atom. The SMILES string of the molecule is CCCC(C)[C@@H](c1cc(F)ccc1Cl)N1CCNCC1. The van der Waals surface area contributed by atoms with Crippen LogP contribution in [0.25, 0.3) is 0 Å². The van der Waals surface area contributed by atoms with Gasteiger partial charge in [-0.2, -0.15) is 0 Å². The lowest BCUT2D eigenvalue weighted by Crippen LogP contribution is -2.46. The van der Waals surface area contributed by atoms with Crippen LogP contribution in [0.2, 0.25) is 5.02 Å². The summed E-state index contributed by atoms with van der Waals surface area (Å²) in [7, 11) is 0. The van der Waals surface area contributed by atoms with E-state index in [0.29, 0.717) is 10.9 Å². The first-order valence-electron chi connectivity index (χ1n) is 7.53. The Labute approximate surface area is 126 Å². The zero-order chi connectivity index (χ0) is 14.5. The molecule has 1 heterocycles. The fourth-order valence-corrected chi connectivity index (χ4v) is 3.41. The van der Waals surface area contributed by atoms with Crippen molar-refractivity contribution in [1.29, 1.82) is 0 Å². The van der Waals surface area contributed by atoms with Crippen LogP contribution in [0.1, 0.15) is 38.3 Å². The van der Waals surface area contributed by atoms with Crippen molar-refractivity contribution >= 4 is 11.6 Å². The Kier molecular flexibility index (Phi) is 5.82.